The van der Waals surface area contributed by atoms with E-state index < -0.39 is 6.04 Å². The van der Waals surface area contributed by atoms with Crippen LogP contribution in [0.3, 0.4) is 0 Å². The third kappa shape index (κ3) is 3.26. The number of hydrogen-bond acceptors (Lipinski definition) is 4. The minimum absolute atomic E-state index is 0.0359. The topological polar surface area (TPSA) is 66.6 Å². The van der Waals surface area contributed by atoms with Gasteiger partial charge in [0.2, 0.25) is 5.91 Å². The molecule has 2 rings (SSSR count). The number of nitrogens with two attached hydrogens (primary N) is 1. The van der Waals surface area contributed by atoms with E-state index in [1.807, 2.05) is 16.8 Å². The molecule has 1 aromatic rings. The Labute approximate surface area is 122 Å². The van der Waals surface area contributed by atoms with Crippen molar-refractivity contribution in [3.05, 3.63) is 35.0 Å². The summed E-state index contributed by atoms with van der Waals surface area (Å²) in [5, 5.41) is 3.74. The van der Waals surface area contributed by atoms with E-state index in [9.17, 15) is 9.59 Å². The van der Waals surface area contributed by atoms with Crippen LogP contribution >= 0.6 is 11.3 Å². The van der Waals surface area contributed by atoms with Crippen molar-refractivity contribution in [3.63, 3.8) is 0 Å². The van der Waals surface area contributed by atoms with Crippen LogP contribution in [0.15, 0.2) is 29.5 Å². The molecule has 1 fully saturated rings. The molecule has 108 valence electrons. The van der Waals surface area contributed by atoms with Gasteiger partial charge >= 0.3 is 0 Å². The minimum atomic E-state index is -0.522. The fraction of sp³-hybridized carbons (Fsp3) is 0.429. The molecule has 1 aromatic heterocycles. The summed E-state index contributed by atoms with van der Waals surface area (Å²) in [6.07, 6.45) is 2.13. The fourth-order valence-electron chi connectivity index (χ4n) is 2.21. The number of carbonyl (C=O) groups excluding carboxylic acids is 2. The van der Waals surface area contributed by atoms with Crippen LogP contribution in [0.25, 0.3) is 0 Å². The molecular weight excluding hydrogens is 274 g/mol. The number of thiophene rings is 1. The van der Waals surface area contributed by atoms with E-state index in [-0.39, 0.29) is 11.8 Å². The lowest BCUT2D eigenvalue weighted by Crippen LogP contribution is -2.54. The van der Waals surface area contributed by atoms with E-state index in [1.165, 1.54) is 11.3 Å². The van der Waals surface area contributed by atoms with Crippen molar-refractivity contribution in [3.8, 4) is 0 Å². The first-order valence-electron chi connectivity index (χ1n) is 6.60. The largest absolute Gasteiger partial charge is 0.338 e. The fourth-order valence-corrected chi connectivity index (χ4v) is 2.84. The maximum absolute atomic E-state index is 12.2. The summed E-state index contributed by atoms with van der Waals surface area (Å²) in [6.45, 7) is 5.79. The van der Waals surface area contributed by atoms with E-state index >= 15 is 0 Å². The molecule has 0 aromatic carbocycles. The van der Waals surface area contributed by atoms with Gasteiger partial charge in [0.25, 0.3) is 5.91 Å². The van der Waals surface area contributed by atoms with Crippen molar-refractivity contribution in [2.45, 2.75) is 12.5 Å². The Morgan fingerprint density at radius 2 is 2.00 bits per heavy atom. The molecular formula is C14H19N3O2S. The average Bonchev–Trinajstić information content (AvgIpc) is 3.00. The van der Waals surface area contributed by atoms with E-state index in [1.54, 1.807) is 15.9 Å². The van der Waals surface area contributed by atoms with Crippen LogP contribution in [0.5, 0.6) is 0 Å². The zero-order valence-corrected chi connectivity index (χ0v) is 12.1. The molecule has 2 N–H and O–H groups in total. The van der Waals surface area contributed by atoms with Gasteiger partial charge in [0, 0.05) is 31.6 Å². The SMILES string of the molecule is C=CCC(N)C(=O)N1CCN(C(=O)c2ccsc2)CC1. The van der Waals surface area contributed by atoms with E-state index in [0.29, 0.717) is 32.6 Å². The number of amides is 2. The summed E-state index contributed by atoms with van der Waals surface area (Å²) >= 11 is 1.51. The highest BCUT2D eigenvalue weighted by atomic mass is 32.1. The highest BCUT2D eigenvalue weighted by Crippen LogP contribution is 2.12. The van der Waals surface area contributed by atoms with Gasteiger partial charge in [-0.2, -0.15) is 11.3 Å². The Hall–Kier alpha value is -1.66. The van der Waals surface area contributed by atoms with Crippen molar-refractivity contribution >= 4 is 23.2 Å². The standard InChI is InChI=1S/C14H19N3O2S/c1-2-3-12(15)14(19)17-7-5-16(6-8-17)13(18)11-4-9-20-10-11/h2,4,9-10,12H,1,3,5-8,15H2. The van der Waals surface area contributed by atoms with Crippen molar-refractivity contribution in [2.75, 3.05) is 26.2 Å². The van der Waals surface area contributed by atoms with Gasteiger partial charge < -0.3 is 15.5 Å². The van der Waals surface area contributed by atoms with Gasteiger partial charge in [0.15, 0.2) is 0 Å². The zero-order chi connectivity index (χ0) is 14.5. The maximum atomic E-state index is 12.2. The smallest absolute Gasteiger partial charge is 0.254 e. The first-order valence-corrected chi connectivity index (χ1v) is 7.54. The molecule has 0 bridgehead atoms. The quantitative estimate of drug-likeness (QED) is 0.840. The van der Waals surface area contributed by atoms with Crippen LogP contribution in [0.4, 0.5) is 0 Å². The molecule has 0 saturated carbocycles. The van der Waals surface area contributed by atoms with Crippen LogP contribution in [0.1, 0.15) is 16.8 Å². The van der Waals surface area contributed by atoms with Crippen LogP contribution in [-0.2, 0) is 4.79 Å². The number of nitrogens with zero attached hydrogens (tertiary/aromatic N) is 2. The predicted molar refractivity (Wildman–Crippen MR) is 79.6 cm³/mol. The predicted octanol–water partition coefficient (Wildman–Crippen LogP) is 0.936. The first kappa shape index (κ1) is 14.7. The van der Waals surface area contributed by atoms with Crippen LogP contribution < -0.4 is 5.73 Å². The molecule has 0 spiro atoms. The molecule has 1 aliphatic rings. The Morgan fingerprint density at radius 1 is 1.35 bits per heavy atom. The highest BCUT2D eigenvalue weighted by molar-refractivity contribution is 7.08. The Bertz CT molecular complexity index is 479. The number of piperazine rings is 1. The monoisotopic (exact) mass is 293 g/mol. The normalized spacial score (nSPS) is 16.9. The van der Waals surface area contributed by atoms with Crippen LogP contribution in [0, 0.1) is 0 Å². The summed E-state index contributed by atoms with van der Waals surface area (Å²) < 4.78 is 0. The first-order chi connectivity index (χ1) is 9.63. The van der Waals surface area contributed by atoms with Gasteiger partial charge in [-0.3, -0.25) is 9.59 Å². The van der Waals surface area contributed by atoms with Crippen molar-refractivity contribution in [2.24, 2.45) is 5.73 Å². The third-order valence-corrected chi connectivity index (χ3v) is 4.07. The van der Waals surface area contributed by atoms with Crippen molar-refractivity contribution in [1.82, 2.24) is 9.80 Å². The second-order valence-corrected chi connectivity index (χ2v) is 5.54. The lowest BCUT2D eigenvalue weighted by atomic mass is 10.1. The molecule has 2 amide bonds. The summed E-state index contributed by atoms with van der Waals surface area (Å²) in [4.78, 5) is 27.7. The van der Waals surface area contributed by atoms with E-state index in [0.717, 1.165) is 5.56 Å². The maximum Gasteiger partial charge on any atom is 0.254 e. The average molecular weight is 293 g/mol. The van der Waals surface area contributed by atoms with Gasteiger partial charge in [0.1, 0.15) is 0 Å². The van der Waals surface area contributed by atoms with Gasteiger partial charge in [-0.25, -0.2) is 0 Å². The Balaban J connectivity index is 1.88. The Kier molecular flexibility index (Phi) is 4.92. The van der Waals surface area contributed by atoms with Gasteiger partial charge in [0.05, 0.1) is 11.6 Å². The number of carbonyl (C=O) groups is 2. The van der Waals surface area contributed by atoms with Crippen LogP contribution in [-0.4, -0.2) is 53.8 Å². The molecule has 20 heavy (non-hydrogen) atoms. The third-order valence-electron chi connectivity index (χ3n) is 3.38. The second kappa shape index (κ2) is 6.67. The van der Waals surface area contributed by atoms with Gasteiger partial charge in [-0.15, -0.1) is 6.58 Å². The molecule has 1 atom stereocenters. The number of hydrogen-bond donors (Lipinski definition) is 1. The summed E-state index contributed by atoms with van der Waals surface area (Å²) in [5.74, 6) is -0.0266. The van der Waals surface area contributed by atoms with E-state index in [4.69, 9.17) is 5.73 Å². The second-order valence-electron chi connectivity index (χ2n) is 4.76. The summed E-state index contributed by atoms with van der Waals surface area (Å²) in [6, 6.07) is 1.30. The summed E-state index contributed by atoms with van der Waals surface area (Å²) in [5.41, 5.74) is 6.51. The lowest BCUT2D eigenvalue weighted by Gasteiger charge is -2.35. The van der Waals surface area contributed by atoms with E-state index in [2.05, 4.69) is 6.58 Å². The van der Waals surface area contributed by atoms with Crippen molar-refractivity contribution < 1.29 is 9.59 Å². The summed E-state index contributed by atoms with van der Waals surface area (Å²) in [7, 11) is 0. The number of rotatable bonds is 4. The van der Waals surface area contributed by atoms with Gasteiger partial charge in [-0.05, 0) is 17.9 Å². The Morgan fingerprint density at radius 3 is 2.55 bits per heavy atom. The molecule has 5 nitrogen and oxygen atoms in total. The lowest BCUT2D eigenvalue weighted by molar-refractivity contribution is -0.134. The molecule has 2 heterocycles. The molecule has 6 heteroatoms. The zero-order valence-electron chi connectivity index (χ0n) is 11.3. The molecule has 0 aliphatic carbocycles. The molecule has 1 saturated heterocycles. The van der Waals surface area contributed by atoms with Gasteiger partial charge in [-0.1, -0.05) is 6.08 Å². The highest BCUT2D eigenvalue weighted by Gasteiger charge is 2.27. The molecule has 1 aliphatic heterocycles. The molecule has 1 unspecified atom stereocenters. The van der Waals surface area contributed by atoms with Crippen molar-refractivity contribution in [1.29, 1.82) is 0 Å². The minimum Gasteiger partial charge on any atom is -0.338 e. The van der Waals surface area contributed by atoms with Crippen LogP contribution in [0.2, 0.25) is 0 Å². The molecule has 0 radical (unpaired) electrons.